The Kier molecular flexibility index (Phi) is 4.74. The first-order valence-corrected chi connectivity index (χ1v) is 7.64. The van der Waals surface area contributed by atoms with Crippen molar-refractivity contribution in [2.45, 2.75) is 13.0 Å². The highest BCUT2D eigenvalue weighted by Gasteiger charge is 2.23. The number of amides is 1. The number of carbonyl (C=O) groups excluding carboxylic acids is 1. The molecule has 1 amide bonds. The number of carbonyl (C=O) groups is 1. The first kappa shape index (κ1) is 16.6. The lowest BCUT2D eigenvalue weighted by molar-refractivity contribution is 0.0935. The van der Waals surface area contributed by atoms with Crippen LogP contribution in [0.1, 0.15) is 29.0 Å². The van der Waals surface area contributed by atoms with Gasteiger partial charge in [0.15, 0.2) is 17.8 Å². The van der Waals surface area contributed by atoms with E-state index in [9.17, 15) is 4.79 Å². The van der Waals surface area contributed by atoms with Gasteiger partial charge in [0.1, 0.15) is 11.5 Å². The maximum absolute atomic E-state index is 12.6. The highest BCUT2D eigenvalue weighted by molar-refractivity contribution is 5.97. The van der Waals surface area contributed by atoms with Gasteiger partial charge in [0.2, 0.25) is 5.76 Å². The minimum atomic E-state index is -0.377. The molecule has 0 fully saturated rings. The van der Waals surface area contributed by atoms with Gasteiger partial charge in [0.25, 0.3) is 5.91 Å². The maximum Gasteiger partial charge on any atom is 0.274 e. The summed E-state index contributed by atoms with van der Waals surface area (Å²) in [7, 11) is 3.16. The fraction of sp³-hybridized carbons (Fsp3) is 0.222. The molecule has 1 aromatic carbocycles. The molecule has 0 aliphatic carbocycles. The van der Waals surface area contributed by atoms with Crippen LogP contribution in [0.25, 0.3) is 11.5 Å². The van der Waals surface area contributed by atoms with Crippen molar-refractivity contribution < 1.29 is 23.1 Å². The summed E-state index contributed by atoms with van der Waals surface area (Å²) in [5, 5.41) is 2.89. The predicted octanol–water partition coefficient (Wildman–Crippen LogP) is 3.44. The second-order valence-corrected chi connectivity index (χ2v) is 5.31. The number of hydrogen-bond donors (Lipinski definition) is 1. The van der Waals surface area contributed by atoms with E-state index in [0.717, 1.165) is 5.56 Å². The van der Waals surface area contributed by atoms with Gasteiger partial charge in [0.05, 0.1) is 26.5 Å². The molecule has 3 aromatic rings. The Hall–Kier alpha value is -3.22. The lowest BCUT2D eigenvalue weighted by atomic mass is 10.1. The average molecular weight is 342 g/mol. The van der Waals surface area contributed by atoms with Crippen LogP contribution in [0.4, 0.5) is 0 Å². The van der Waals surface area contributed by atoms with Crippen molar-refractivity contribution in [1.82, 2.24) is 10.3 Å². The molecule has 25 heavy (non-hydrogen) atoms. The van der Waals surface area contributed by atoms with Crippen molar-refractivity contribution in [3.63, 3.8) is 0 Å². The molecule has 0 spiro atoms. The molecule has 1 N–H and O–H groups in total. The zero-order chi connectivity index (χ0) is 17.8. The van der Waals surface area contributed by atoms with Crippen molar-refractivity contribution in [2.75, 3.05) is 14.2 Å². The third kappa shape index (κ3) is 3.35. The van der Waals surface area contributed by atoms with Crippen LogP contribution in [0.15, 0.2) is 51.8 Å². The van der Waals surface area contributed by atoms with Gasteiger partial charge in [-0.2, -0.15) is 0 Å². The van der Waals surface area contributed by atoms with Gasteiger partial charge in [0, 0.05) is 5.56 Å². The van der Waals surface area contributed by atoms with Gasteiger partial charge in [-0.25, -0.2) is 4.98 Å². The molecule has 0 saturated carbocycles. The number of oxazole rings is 1. The van der Waals surface area contributed by atoms with Gasteiger partial charge in [-0.3, -0.25) is 4.79 Å². The van der Waals surface area contributed by atoms with Gasteiger partial charge in [-0.15, -0.1) is 0 Å². The Balaban J connectivity index is 1.84. The first-order chi connectivity index (χ1) is 12.1. The van der Waals surface area contributed by atoms with Crippen LogP contribution in [0.3, 0.4) is 0 Å². The summed E-state index contributed by atoms with van der Waals surface area (Å²) < 4.78 is 21.2. The van der Waals surface area contributed by atoms with E-state index in [0.29, 0.717) is 17.3 Å². The summed E-state index contributed by atoms with van der Waals surface area (Å²) in [6.45, 7) is 1.85. The minimum Gasteiger partial charge on any atom is -0.497 e. The maximum atomic E-state index is 12.6. The highest BCUT2D eigenvalue weighted by atomic mass is 16.5. The van der Waals surface area contributed by atoms with Crippen molar-refractivity contribution in [1.29, 1.82) is 0 Å². The van der Waals surface area contributed by atoms with E-state index in [4.69, 9.17) is 18.3 Å². The van der Waals surface area contributed by atoms with Gasteiger partial charge >= 0.3 is 0 Å². The van der Waals surface area contributed by atoms with E-state index < -0.39 is 0 Å². The van der Waals surface area contributed by atoms with Crippen LogP contribution in [-0.2, 0) is 0 Å². The van der Waals surface area contributed by atoms with Crippen LogP contribution in [0, 0.1) is 0 Å². The summed E-state index contributed by atoms with van der Waals surface area (Å²) in [6.07, 6.45) is 2.72. The Bertz CT molecular complexity index is 854. The molecule has 0 radical (unpaired) electrons. The molecule has 7 heteroatoms. The molecule has 1 atom stereocenters. The fourth-order valence-electron chi connectivity index (χ4n) is 2.51. The molecular weight excluding hydrogens is 324 g/mol. The zero-order valence-corrected chi connectivity index (χ0v) is 14.1. The van der Waals surface area contributed by atoms with Crippen LogP contribution in [0.5, 0.6) is 11.5 Å². The largest absolute Gasteiger partial charge is 0.497 e. The number of nitrogens with zero attached hydrogens (tertiary/aromatic N) is 1. The van der Waals surface area contributed by atoms with Crippen LogP contribution >= 0.6 is 0 Å². The molecule has 0 aliphatic heterocycles. The predicted molar refractivity (Wildman–Crippen MR) is 89.6 cm³/mol. The highest BCUT2D eigenvalue weighted by Crippen LogP contribution is 2.30. The van der Waals surface area contributed by atoms with E-state index in [1.165, 1.54) is 12.7 Å². The molecule has 0 aliphatic rings. The molecule has 7 nitrogen and oxygen atoms in total. The van der Waals surface area contributed by atoms with E-state index in [1.54, 1.807) is 38.5 Å². The summed E-state index contributed by atoms with van der Waals surface area (Å²) in [6, 6.07) is 8.48. The summed E-state index contributed by atoms with van der Waals surface area (Å²) in [5.74, 6) is 1.67. The summed E-state index contributed by atoms with van der Waals surface area (Å²) >= 11 is 0. The van der Waals surface area contributed by atoms with Crippen LogP contribution in [0.2, 0.25) is 0 Å². The van der Waals surface area contributed by atoms with E-state index >= 15 is 0 Å². The average Bonchev–Trinajstić information content (AvgIpc) is 3.31. The minimum absolute atomic E-state index is 0.156. The SMILES string of the molecule is COc1ccc(OC)c([C@H](C)NC(=O)c2ncoc2-c2ccco2)c1. The normalized spacial score (nSPS) is 11.8. The molecule has 130 valence electrons. The quantitative estimate of drug-likeness (QED) is 0.738. The lowest BCUT2D eigenvalue weighted by Crippen LogP contribution is -2.27. The van der Waals surface area contributed by atoms with Crippen LogP contribution < -0.4 is 14.8 Å². The van der Waals surface area contributed by atoms with Crippen molar-refractivity contribution in [3.05, 3.63) is 54.2 Å². The Morgan fingerprint density at radius 2 is 2.04 bits per heavy atom. The number of methoxy groups -OCH3 is 2. The molecule has 0 saturated heterocycles. The van der Waals surface area contributed by atoms with Crippen molar-refractivity contribution in [2.24, 2.45) is 0 Å². The second kappa shape index (κ2) is 7.12. The van der Waals surface area contributed by atoms with Crippen LogP contribution in [-0.4, -0.2) is 25.1 Å². The number of nitrogens with one attached hydrogen (secondary N) is 1. The van der Waals surface area contributed by atoms with E-state index in [1.807, 2.05) is 13.0 Å². The number of benzene rings is 1. The number of furan rings is 1. The van der Waals surface area contributed by atoms with Crippen molar-refractivity contribution in [3.8, 4) is 23.0 Å². The Morgan fingerprint density at radius 1 is 1.20 bits per heavy atom. The molecule has 2 heterocycles. The van der Waals surface area contributed by atoms with Crippen molar-refractivity contribution >= 4 is 5.91 Å². The number of rotatable bonds is 6. The van der Waals surface area contributed by atoms with Gasteiger partial charge in [-0.05, 0) is 37.3 Å². The third-order valence-electron chi connectivity index (χ3n) is 3.78. The topological polar surface area (TPSA) is 86.7 Å². The molecule has 2 aromatic heterocycles. The summed E-state index contributed by atoms with van der Waals surface area (Å²) in [4.78, 5) is 16.6. The molecular formula is C18H18N2O5. The first-order valence-electron chi connectivity index (χ1n) is 7.64. The lowest BCUT2D eigenvalue weighted by Gasteiger charge is -2.18. The molecule has 0 bridgehead atoms. The molecule has 3 rings (SSSR count). The molecule has 0 unspecified atom stereocenters. The smallest absolute Gasteiger partial charge is 0.274 e. The van der Waals surface area contributed by atoms with E-state index in [2.05, 4.69) is 10.3 Å². The summed E-state index contributed by atoms with van der Waals surface area (Å²) in [5.41, 5.74) is 0.946. The Morgan fingerprint density at radius 3 is 2.72 bits per heavy atom. The zero-order valence-electron chi connectivity index (χ0n) is 14.1. The monoisotopic (exact) mass is 342 g/mol. The van der Waals surface area contributed by atoms with Gasteiger partial charge < -0.3 is 23.6 Å². The van der Waals surface area contributed by atoms with Gasteiger partial charge in [-0.1, -0.05) is 0 Å². The third-order valence-corrected chi connectivity index (χ3v) is 3.78. The fourth-order valence-corrected chi connectivity index (χ4v) is 2.51. The number of hydrogen-bond acceptors (Lipinski definition) is 6. The standard InChI is InChI=1S/C18H18N2O5/c1-11(13-9-12(22-2)6-7-14(13)23-3)20-18(21)16-17(25-10-19-16)15-5-4-8-24-15/h4-11H,1-3H3,(H,20,21)/t11-/m0/s1. The number of ether oxygens (including phenoxy) is 2. The number of aromatic nitrogens is 1. The Labute approximate surface area is 144 Å². The second-order valence-electron chi connectivity index (χ2n) is 5.31. The van der Waals surface area contributed by atoms with E-state index in [-0.39, 0.29) is 23.4 Å².